The number of anilines is 1. The van der Waals surface area contributed by atoms with Crippen LogP contribution < -0.4 is 5.32 Å². The van der Waals surface area contributed by atoms with E-state index in [2.05, 4.69) is 10.2 Å². The van der Waals surface area contributed by atoms with Crippen molar-refractivity contribution in [3.8, 4) is 0 Å². The lowest BCUT2D eigenvalue weighted by Gasteiger charge is -2.27. The SMILES string of the molecule is O=C(CSc1ccc(F)c(F)c1)Nc1ccccc1CN1CCOCC1. The van der Waals surface area contributed by atoms with Gasteiger partial charge in [0.2, 0.25) is 5.91 Å². The Morgan fingerprint density at radius 1 is 1.12 bits per heavy atom. The third-order valence-electron chi connectivity index (χ3n) is 4.05. The number of benzene rings is 2. The summed E-state index contributed by atoms with van der Waals surface area (Å²) in [5, 5.41) is 2.91. The largest absolute Gasteiger partial charge is 0.379 e. The highest BCUT2D eigenvalue weighted by molar-refractivity contribution is 8.00. The molecule has 0 radical (unpaired) electrons. The second-order valence-corrected chi connectivity index (χ2v) is 7.01. The Labute approximate surface area is 155 Å². The number of carbonyl (C=O) groups excluding carboxylic acids is 1. The molecule has 1 saturated heterocycles. The van der Waals surface area contributed by atoms with Crippen molar-refractivity contribution in [1.82, 2.24) is 4.90 Å². The molecule has 138 valence electrons. The van der Waals surface area contributed by atoms with Crippen LogP contribution in [0.5, 0.6) is 0 Å². The van der Waals surface area contributed by atoms with Crippen LogP contribution in [0, 0.1) is 11.6 Å². The second kappa shape index (κ2) is 9.12. The average Bonchev–Trinajstić information content (AvgIpc) is 2.65. The molecular weight excluding hydrogens is 358 g/mol. The van der Waals surface area contributed by atoms with Gasteiger partial charge in [0.05, 0.1) is 19.0 Å². The van der Waals surface area contributed by atoms with Crippen LogP contribution in [0.15, 0.2) is 47.4 Å². The Hall–Kier alpha value is -1.96. The van der Waals surface area contributed by atoms with E-state index in [0.29, 0.717) is 4.90 Å². The Bertz CT molecular complexity index is 767. The van der Waals surface area contributed by atoms with Gasteiger partial charge in [0, 0.05) is 30.2 Å². The number of para-hydroxylation sites is 1. The number of thioether (sulfide) groups is 1. The van der Waals surface area contributed by atoms with E-state index >= 15 is 0 Å². The smallest absolute Gasteiger partial charge is 0.234 e. The topological polar surface area (TPSA) is 41.6 Å². The first-order valence-electron chi connectivity index (χ1n) is 8.37. The Kier molecular flexibility index (Phi) is 6.60. The predicted octanol–water partition coefficient (Wildman–Crippen LogP) is 3.53. The molecule has 0 saturated carbocycles. The van der Waals surface area contributed by atoms with Crippen molar-refractivity contribution in [3.05, 3.63) is 59.7 Å². The molecule has 3 rings (SSSR count). The molecule has 1 fully saturated rings. The fourth-order valence-corrected chi connectivity index (χ4v) is 3.40. The minimum absolute atomic E-state index is 0.122. The maximum absolute atomic E-state index is 13.2. The number of ether oxygens (including phenoxy) is 1. The number of rotatable bonds is 6. The van der Waals surface area contributed by atoms with Gasteiger partial charge in [-0.15, -0.1) is 11.8 Å². The maximum Gasteiger partial charge on any atom is 0.234 e. The van der Waals surface area contributed by atoms with E-state index in [0.717, 1.165) is 56.2 Å². The van der Waals surface area contributed by atoms with Gasteiger partial charge in [-0.1, -0.05) is 18.2 Å². The lowest BCUT2D eigenvalue weighted by Crippen LogP contribution is -2.35. The van der Waals surface area contributed by atoms with Crippen LogP contribution in [0.2, 0.25) is 0 Å². The molecule has 0 unspecified atom stereocenters. The molecule has 1 N–H and O–H groups in total. The number of hydrogen-bond donors (Lipinski definition) is 1. The predicted molar refractivity (Wildman–Crippen MR) is 98.2 cm³/mol. The summed E-state index contributed by atoms with van der Waals surface area (Å²) in [5.41, 5.74) is 1.82. The molecule has 0 bridgehead atoms. The van der Waals surface area contributed by atoms with Gasteiger partial charge in [-0.3, -0.25) is 9.69 Å². The molecule has 0 atom stereocenters. The third kappa shape index (κ3) is 5.27. The molecule has 1 aliphatic rings. The second-order valence-electron chi connectivity index (χ2n) is 5.96. The summed E-state index contributed by atoms with van der Waals surface area (Å²) in [6, 6.07) is 11.3. The molecule has 1 heterocycles. The van der Waals surface area contributed by atoms with E-state index in [4.69, 9.17) is 4.74 Å². The molecule has 1 amide bonds. The van der Waals surface area contributed by atoms with Gasteiger partial charge in [-0.25, -0.2) is 8.78 Å². The van der Waals surface area contributed by atoms with Crippen molar-refractivity contribution in [2.45, 2.75) is 11.4 Å². The Balaban J connectivity index is 1.57. The quantitative estimate of drug-likeness (QED) is 0.781. The highest BCUT2D eigenvalue weighted by Crippen LogP contribution is 2.22. The molecule has 1 aliphatic heterocycles. The van der Waals surface area contributed by atoms with Gasteiger partial charge < -0.3 is 10.1 Å². The van der Waals surface area contributed by atoms with Crippen LogP contribution in [-0.4, -0.2) is 42.9 Å². The fourth-order valence-electron chi connectivity index (χ4n) is 2.68. The molecule has 2 aromatic carbocycles. The van der Waals surface area contributed by atoms with E-state index in [9.17, 15) is 13.6 Å². The van der Waals surface area contributed by atoms with Crippen LogP contribution in [0.25, 0.3) is 0 Å². The molecule has 2 aromatic rings. The average molecular weight is 378 g/mol. The Morgan fingerprint density at radius 3 is 2.65 bits per heavy atom. The van der Waals surface area contributed by atoms with E-state index in [1.165, 1.54) is 17.8 Å². The first kappa shape index (κ1) is 18.8. The molecule has 0 spiro atoms. The summed E-state index contributed by atoms with van der Waals surface area (Å²) in [4.78, 5) is 15.0. The minimum Gasteiger partial charge on any atom is -0.379 e. The normalized spacial score (nSPS) is 15.0. The molecule has 7 heteroatoms. The first-order valence-corrected chi connectivity index (χ1v) is 9.36. The zero-order chi connectivity index (χ0) is 18.4. The summed E-state index contributed by atoms with van der Waals surface area (Å²) in [5.74, 6) is -1.87. The minimum atomic E-state index is -0.911. The molecule has 26 heavy (non-hydrogen) atoms. The van der Waals surface area contributed by atoms with Crippen LogP contribution in [0.1, 0.15) is 5.56 Å². The number of nitrogens with one attached hydrogen (secondary N) is 1. The number of nitrogens with zero attached hydrogens (tertiary/aromatic N) is 1. The van der Waals surface area contributed by atoms with Crippen LogP contribution in [-0.2, 0) is 16.1 Å². The summed E-state index contributed by atoms with van der Waals surface area (Å²) in [6.07, 6.45) is 0. The molecule has 0 aliphatic carbocycles. The third-order valence-corrected chi connectivity index (χ3v) is 5.04. The van der Waals surface area contributed by atoms with Crippen molar-refractivity contribution in [2.24, 2.45) is 0 Å². The number of hydrogen-bond acceptors (Lipinski definition) is 4. The van der Waals surface area contributed by atoms with Crippen LogP contribution in [0.4, 0.5) is 14.5 Å². The zero-order valence-electron chi connectivity index (χ0n) is 14.2. The fraction of sp³-hybridized carbons (Fsp3) is 0.316. The number of morpholine rings is 1. The zero-order valence-corrected chi connectivity index (χ0v) is 15.0. The Morgan fingerprint density at radius 2 is 1.88 bits per heavy atom. The maximum atomic E-state index is 13.2. The lowest BCUT2D eigenvalue weighted by molar-refractivity contribution is -0.113. The first-order chi connectivity index (χ1) is 12.6. The lowest BCUT2D eigenvalue weighted by atomic mass is 10.1. The van der Waals surface area contributed by atoms with Crippen molar-refractivity contribution in [3.63, 3.8) is 0 Å². The van der Waals surface area contributed by atoms with Gasteiger partial charge in [-0.05, 0) is 29.8 Å². The van der Waals surface area contributed by atoms with Crippen molar-refractivity contribution < 1.29 is 18.3 Å². The van der Waals surface area contributed by atoms with Gasteiger partial charge in [-0.2, -0.15) is 0 Å². The van der Waals surface area contributed by atoms with Crippen LogP contribution >= 0.6 is 11.8 Å². The summed E-state index contributed by atoms with van der Waals surface area (Å²) >= 11 is 1.17. The number of amides is 1. The van der Waals surface area contributed by atoms with E-state index in [1.807, 2.05) is 24.3 Å². The molecule has 4 nitrogen and oxygen atoms in total. The van der Waals surface area contributed by atoms with Gasteiger partial charge in [0.25, 0.3) is 0 Å². The summed E-state index contributed by atoms with van der Waals surface area (Å²) < 4.78 is 31.5. The highest BCUT2D eigenvalue weighted by atomic mass is 32.2. The van der Waals surface area contributed by atoms with Crippen molar-refractivity contribution >= 4 is 23.4 Å². The van der Waals surface area contributed by atoms with E-state index in [1.54, 1.807) is 0 Å². The summed E-state index contributed by atoms with van der Waals surface area (Å²) in [6.45, 7) is 3.93. The van der Waals surface area contributed by atoms with Crippen LogP contribution in [0.3, 0.4) is 0 Å². The number of halogens is 2. The summed E-state index contributed by atoms with van der Waals surface area (Å²) in [7, 11) is 0. The molecular formula is C19H20F2N2O2S. The highest BCUT2D eigenvalue weighted by Gasteiger charge is 2.14. The van der Waals surface area contributed by atoms with Gasteiger partial charge >= 0.3 is 0 Å². The van der Waals surface area contributed by atoms with Crippen molar-refractivity contribution in [2.75, 3.05) is 37.4 Å². The van der Waals surface area contributed by atoms with Gasteiger partial charge in [0.15, 0.2) is 11.6 Å². The van der Waals surface area contributed by atoms with E-state index in [-0.39, 0.29) is 11.7 Å². The van der Waals surface area contributed by atoms with E-state index < -0.39 is 11.6 Å². The van der Waals surface area contributed by atoms with Gasteiger partial charge in [0.1, 0.15) is 0 Å². The standard InChI is InChI=1S/C19H20F2N2O2S/c20-16-6-5-15(11-17(16)21)26-13-19(24)22-18-4-2-1-3-14(18)12-23-7-9-25-10-8-23/h1-6,11H,7-10,12-13H2,(H,22,24). The monoisotopic (exact) mass is 378 g/mol. The number of carbonyl (C=O) groups is 1. The van der Waals surface area contributed by atoms with Crippen molar-refractivity contribution in [1.29, 1.82) is 0 Å². The molecule has 0 aromatic heterocycles.